The minimum atomic E-state index is -4.55. The molecular formula is C19H18F3N5O2. The summed E-state index contributed by atoms with van der Waals surface area (Å²) in [5.41, 5.74) is 1.41. The molecule has 0 spiro atoms. The van der Waals surface area contributed by atoms with Gasteiger partial charge in [0.05, 0.1) is 29.2 Å². The van der Waals surface area contributed by atoms with Crippen LogP contribution in [0.2, 0.25) is 0 Å². The Morgan fingerprint density at radius 3 is 2.66 bits per heavy atom. The van der Waals surface area contributed by atoms with Gasteiger partial charge in [-0.05, 0) is 38.0 Å². The highest BCUT2D eigenvalue weighted by Crippen LogP contribution is 2.38. The molecule has 1 aliphatic rings. The van der Waals surface area contributed by atoms with Gasteiger partial charge >= 0.3 is 6.18 Å². The molecule has 3 aromatic rings. The largest absolute Gasteiger partial charge is 0.507 e. The molecule has 1 aromatic carbocycles. The smallest absolute Gasteiger partial charge is 0.416 e. The minimum absolute atomic E-state index is 0.00223. The number of aromatic nitrogens is 4. The van der Waals surface area contributed by atoms with Crippen LogP contribution >= 0.6 is 0 Å². The van der Waals surface area contributed by atoms with E-state index in [1.54, 1.807) is 4.68 Å². The van der Waals surface area contributed by atoms with E-state index in [1.165, 1.54) is 13.1 Å². The summed E-state index contributed by atoms with van der Waals surface area (Å²) in [5, 5.41) is 17.5. The molecule has 10 heteroatoms. The molecule has 1 aliphatic heterocycles. The van der Waals surface area contributed by atoms with Crippen LogP contribution in [0.5, 0.6) is 5.75 Å². The Kier molecular flexibility index (Phi) is 4.44. The molecule has 2 aromatic heterocycles. The molecule has 1 saturated heterocycles. The molecule has 3 heterocycles. The third-order valence-corrected chi connectivity index (χ3v) is 5.13. The first kappa shape index (κ1) is 19.2. The highest BCUT2D eigenvalue weighted by atomic mass is 19.4. The molecule has 0 bridgehead atoms. The van der Waals surface area contributed by atoms with Gasteiger partial charge in [-0.2, -0.15) is 13.2 Å². The van der Waals surface area contributed by atoms with Crippen LogP contribution in [0.1, 0.15) is 35.7 Å². The molecule has 0 radical (unpaired) electrons. The predicted molar refractivity (Wildman–Crippen MR) is 98.2 cm³/mol. The molecule has 7 nitrogen and oxygen atoms in total. The molecule has 1 atom stereocenters. The minimum Gasteiger partial charge on any atom is -0.507 e. The van der Waals surface area contributed by atoms with Crippen LogP contribution in [0.4, 0.5) is 13.2 Å². The van der Waals surface area contributed by atoms with Gasteiger partial charge in [0.15, 0.2) is 0 Å². The molecule has 2 N–H and O–H groups in total. The first-order valence-corrected chi connectivity index (χ1v) is 9.05. The number of rotatable bonds is 2. The Balaban J connectivity index is 1.76. The second kappa shape index (κ2) is 6.71. The lowest BCUT2D eigenvalue weighted by Crippen LogP contribution is -2.36. The standard InChI is InChI=1S/C19H18F3N5O2/c1-9-5-11(19(20,21)22)6-14(28)16(9)13-8-24-17-10(2)27(26-18(17)25-13)12-3-4-15(29)23-7-12/h5-6,8,12,28H,3-4,7H2,1-2H3,(H,23,29)/t12-/m1/s1. The maximum Gasteiger partial charge on any atom is 0.416 e. The van der Waals surface area contributed by atoms with Gasteiger partial charge in [-0.15, -0.1) is 5.10 Å². The second-order valence-corrected chi connectivity index (χ2v) is 7.14. The molecule has 0 aliphatic carbocycles. The van der Waals surface area contributed by atoms with Crippen molar-refractivity contribution in [2.75, 3.05) is 6.54 Å². The number of nitrogens with one attached hydrogen (secondary N) is 1. The number of carbonyl (C=O) groups excluding carboxylic acids is 1. The van der Waals surface area contributed by atoms with E-state index in [9.17, 15) is 23.1 Å². The van der Waals surface area contributed by atoms with Gasteiger partial charge in [-0.25, -0.2) is 9.97 Å². The van der Waals surface area contributed by atoms with Crippen LogP contribution in [-0.4, -0.2) is 37.3 Å². The van der Waals surface area contributed by atoms with E-state index in [0.717, 1.165) is 11.8 Å². The van der Waals surface area contributed by atoms with Crippen molar-refractivity contribution in [1.29, 1.82) is 0 Å². The van der Waals surface area contributed by atoms with Gasteiger partial charge in [0, 0.05) is 18.5 Å². The Hall–Kier alpha value is -3.17. The average molecular weight is 405 g/mol. The number of phenolic OH excluding ortho intramolecular Hbond substituents is 1. The molecule has 1 amide bonds. The number of hydrogen-bond acceptors (Lipinski definition) is 5. The number of amides is 1. The monoisotopic (exact) mass is 405 g/mol. The van der Waals surface area contributed by atoms with Crippen LogP contribution in [0.25, 0.3) is 22.4 Å². The van der Waals surface area contributed by atoms with Crippen molar-refractivity contribution in [3.63, 3.8) is 0 Å². The molecule has 0 saturated carbocycles. The third-order valence-electron chi connectivity index (χ3n) is 5.13. The van der Waals surface area contributed by atoms with Crippen LogP contribution in [0, 0.1) is 13.8 Å². The fraction of sp³-hybridized carbons (Fsp3) is 0.368. The summed E-state index contributed by atoms with van der Waals surface area (Å²) in [6.45, 7) is 3.78. The van der Waals surface area contributed by atoms with Crippen LogP contribution in [0.15, 0.2) is 18.3 Å². The quantitative estimate of drug-likeness (QED) is 0.683. The summed E-state index contributed by atoms with van der Waals surface area (Å²) in [6.07, 6.45) is -2.08. The normalized spacial score (nSPS) is 17.6. The summed E-state index contributed by atoms with van der Waals surface area (Å²) in [5.74, 6) is -0.514. The van der Waals surface area contributed by atoms with Crippen molar-refractivity contribution in [3.05, 3.63) is 35.2 Å². The zero-order valence-corrected chi connectivity index (χ0v) is 15.7. The van der Waals surface area contributed by atoms with E-state index in [4.69, 9.17) is 0 Å². The fourth-order valence-corrected chi connectivity index (χ4v) is 3.66. The lowest BCUT2D eigenvalue weighted by atomic mass is 10.0. The van der Waals surface area contributed by atoms with E-state index < -0.39 is 17.5 Å². The Bertz CT molecular complexity index is 1090. The van der Waals surface area contributed by atoms with Crippen molar-refractivity contribution in [1.82, 2.24) is 25.1 Å². The predicted octanol–water partition coefficient (Wildman–Crippen LogP) is 3.29. The van der Waals surface area contributed by atoms with Crippen molar-refractivity contribution >= 4 is 17.1 Å². The molecular weight excluding hydrogens is 387 g/mol. The van der Waals surface area contributed by atoms with Crippen LogP contribution in [0.3, 0.4) is 0 Å². The number of nitrogens with zero attached hydrogens (tertiary/aromatic N) is 4. The summed E-state index contributed by atoms with van der Waals surface area (Å²) >= 11 is 0. The summed E-state index contributed by atoms with van der Waals surface area (Å²) in [7, 11) is 0. The van der Waals surface area contributed by atoms with Crippen molar-refractivity contribution in [2.24, 2.45) is 0 Å². The van der Waals surface area contributed by atoms with Gasteiger partial charge in [0.1, 0.15) is 11.3 Å². The number of aryl methyl sites for hydroxylation is 2. The zero-order chi connectivity index (χ0) is 20.9. The molecule has 0 unspecified atom stereocenters. The first-order valence-electron chi connectivity index (χ1n) is 9.05. The summed E-state index contributed by atoms with van der Waals surface area (Å²) in [6, 6.07) is 1.63. The lowest BCUT2D eigenvalue weighted by molar-refractivity contribution is -0.137. The molecule has 4 rings (SSSR count). The van der Waals surface area contributed by atoms with E-state index in [2.05, 4.69) is 20.4 Å². The fourth-order valence-electron chi connectivity index (χ4n) is 3.66. The Labute approximate surface area is 163 Å². The second-order valence-electron chi connectivity index (χ2n) is 7.14. The number of benzene rings is 1. The summed E-state index contributed by atoms with van der Waals surface area (Å²) in [4.78, 5) is 20.2. The SMILES string of the molecule is Cc1cc(C(F)(F)F)cc(O)c1-c1cnc2c(C)n([C@@H]3CCC(=O)NC3)nc2n1. The van der Waals surface area contributed by atoms with Gasteiger partial charge in [0.25, 0.3) is 0 Å². The Morgan fingerprint density at radius 1 is 1.28 bits per heavy atom. The van der Waals surface area contributed by atoms with E-state index in [-0.39, 0.29) is 28.8 Å². The number of fused-ring (bicyclic) bond motifs is 1. The van der Waals surface area contributed by atoms with Crippen molar-refractivity contribution < 1.29 is 23.1 Å². The number of alkyl halides is 3. The topological polar surface area (TPSA) is 92.9 Å². The number of halogens is 3. The zero-order valence-electron chi connectivity index (χ0n) is 15.7. The maximum atomic E-state index is 13.0. The third kappa shape index (κ3) is 3.39. The summed E-state index contributed by atoms with van der Waals surface area (Å²) < 4.78 is 40.7. The number of hydrogen-bond donors (Lipinski definition) is 2. The number of piperidine rings is 1. The Morgan fingerprint density at radius 2 is 2.03 bits per heavy atom. The van der Waals surface area contributed by atoms with Crippen LogP contribution < -0.4 is 5.32 Å². The van der Waals surface area contributed by atoms with Crippen molar-refractivity contribution in [3.8, 4) is 17.0 Å². The molecule has 152 valence electrons. The number of phenols is 1. The lowest BCUT2D eigenvalue weighted by Gasteiger charge is -2.23. The first-order chi connectivity index (χ1) is 13.6. The van der Waals surface area contributed by atoms with Gasteiger partial charge in [-0.3, -0.25) is 9.48 Å². The maximum absolute atomic E-state index is 13.0. The number of carbonyl (C=O) groups is 1. The van der Waals surface area contributed by atoms with Gasteiger partial charge < -0.3 is 10.4 Å². The average Bonchev–Trinajstić information content (AvgIpc) is 2.97. The van der Waals surface area contributed by atoms with Crippen LogP contribution in [-0.2, 0) is 11.0 Å². The van der Waals surface area contributed by atoms with Gasteiger partial charge in [-0.1, -0.05) is 0 Å². The van der Waals surface area contributed by atoms with Crippen molar-refractivity contribution in [2.45, 2.75) is 38.9 Å². The molecule has 1 fully saturated rings. The van der Waals surface area contributed by atoms with Gasteiger partial charge in [0.2, 0.25) is 11.6 Å². The van der Waals surface area contributed by atoms with E-state index in [0.29, 0.717) is 36.6 Å². The van der Waals surface area contributed by atoms with E-state index in [1.807, 2.05) is 6.92 Å². The highest BCUT2D eigenvalue weighted by molar-refractivity contribution is 5.79. The number of aromatic hydroxyl groups is 1. The molecule has 29 heavy (non-hydrogen) atoms. The highest BCUT2D eigenvalue weighted by Gasteiger charge is 2.32. The van der Waals surface area contributed by atoms with E-state index >= 15 is 0 Å².